The second-order valence-corrected chi connectivity index (χ2v) is 5.83. The van der Waals surface area contributed by atoms with Gasteiger partial charge in [0.1, 0.15) is 5.69 Å². The lowest BCUT2D eigenvalue weighted by molar-refractivity contribution is 0.0777. The van der Waals surface area contributed by atoms with Crippen molar-refractivity contribution in [3.05, 3.63) is 72.3 Å². The van der Waals surface area contributed by atoms with Crippen molar-refractivity contribution in [2.75, 3.05) is 21.3 Å². The van der Waals surface area contributed by atoms with Crippen molar-refractivity contribution >= 4 is 5.91 Å². The fourth-order valence-electron chi connectivity index (χ4n) is 2.77. The summed E-state index contributed by atoms with van der Waals surface area (Å²) >= 11 is 0. The van der Waals surface area contributed by atoms with Crippen LogP contribution in [0.25, 0.3) is 5.69 Å². The zero-order chi connectivity index (χ0) is 18.5. The van der Waals surface area contributed by atoms with E-state index in [1.807, 2.05) is 48.5 Å². The maximum atomic E-state index is 12.9. The molecule has 0 aliphatic heterocycles. The average molecular weight is 351 g/mol. The van der Waals surface area contributed by atoms with E-state index < -0.39 is 0 Å². The fourth-order valence-corrected chi connectivity index (χ4v) is 2.77. The smallest absolute Gasteiger partial charge is 0.272 e. The van der Waals surface area contributed by atoms with Gasteiger partial charge < -0.3 is 14.4 Å². The van der Waals surface area contributed by atoms with Gasteiger partial charge >= 0.3 is 0 Å². The summed E-state index contributed by atoms with van der Waals surface area (Å²) in [6.45, 7) is 0.444. The lowest BCUT2D eigenvalue weighted by Crippen LogP contribution is -2.28. The Morgan fingerprint density at radius 1 is 1.08 bits per heavy atom. The first-order chi connectivity index (χ1) is 12.6. The third-order valence-corrected chi connectivity index (χ3v) is 4.11. The number of hydrogen-bond acceptors (Lipinski definition) is 4. The topological polar surface area (TPSA) is 56.6 Å². The highest BCUT2D eigenvalue weighted by Gasteiger charge is 2.18. The third-order valence-electron chi connectivity index (χ3n) is 4.11. The number of hydrogen-bond donors (Lipinski definition) is 0. The molecule has 0 bridgehead atoms. The molecule has 134 valence electrons. The fraction of sp³-hybridized carbons (Fsp3) is 0.200. The highest BCUT2D eigenvalue weighted by molar-refractivity contribution is 5.92. The van der Waals surface area contributed by atoms with Crippen LogP contribution in [0.5, 0.6) is 11.5 Å². The van der Waals surface area contributed by atoms with Crippen LogP contribution >= 0.6 is 0 Å². The minimum atomic E-state index is -0.110. The summed E-state index contributed by atoms with van der Waals surface area (Å²) in [7, 11) is 4.95. The van der Waals surface area contributed by atoms with Gasteiger partial charge in [-0.1, -0.05) is 24.3 Å². The number of amides is 1. The zero-order valence-electron chi connectivity index (χ0n) is 15.0. The molecule has 0 radical (unpaired) electrons. The van der Waals surface area contributed by atoms with Crippen molar-refractivity contribution < 1.29 is 14.3 Å². The third kappa shape index (κ3) is 3.54. The van der Waals surface area contributed by atoms with Crippen molar-refractivity contribution in [3.63, 3.8) is 0 Å². The quantitative estimate of drug-likeness (QED) is 0.684. The van der Waals surface area contributed by atoms with Gasteiger partial charge in [0.05, 0.1) is 26.7 Å². The molecule has 0 unspecified atom stereocenters. The molecule has 6 heteroatoms. The number of rotatable bonds is 6. The van der Waals surface area contributed by atoms with Crippen LogP contribution in [0.4, 0.5) is 0 Å². The molecular formula is C20H21N3O3. The predicted octanol–water partition coefficient (Wildman–Crippen LogP) is 3.16. The Kier molecular flexibility index (Phi) is 5.22. The molecular weight excluding hydrogens is 330 g/mol. The molecule has 2 aromatic carbocycles. The van der Waals surface area contributed by atoms with E-state index >= 15 is 0 Å². The number of imidazole rings is 1. The Bertz CT molecular complexity index is 890. The van der Waals surface area contributed by atoms with Gasteiger partial charge in [0.15, 0.2) is 11.5 Å². The number of nitrogens with zero attached hydrogens (tertiary/aromatic N) is 3. The Morgan fingerprint density at radius 2 is 1.81 bits per heavy atom. The van der Waals surface area contributed by atoms with Crippen LogP contribution in [0.1, 0.15) is 16.1 Å². The largest absolute Gasteiger partial charge is 0.493 e. The van der Waals surface area contributed by atoms with E-state index in [0.29, 0.717) is 23.7 Å². The number of ether oxygens (including phenoxy) is 2. The summed E-state index contributed by atoms with van der Waals surface area (Å²) in [6, 6.07) is 15.3. The summed E-state index contributed by atoms with van der Waals surface area (Å²) in [5.74, 6) is 1.19. The Balaban J connectivity index is 1.80. The molecule has 0 saturated heterocycles. The van der Waals surface area contributed by atoms with Crippen LogP contribution < -0.4 is 9.47 Å². The van der Waals surface area contributed by atoms with E-state index in [-0.39, 0.29) is 5.91 Å². The van der Waals surface area contributed by atoms with Gasteiger partial charge in [0.2, 0.25) is 0 Å². The van der Waals surface area contributed by atoms with Gasteiger partial charge in [-0.2, -0.15) is 0 Å². The minimum Gasteiger partial charge on any atom is -0.493 e. The van der Waals surface area contributed by atoms with Crippen LogP contribution in [0.2, 0.25) is 0 Å². The molecule has 0 atom stereocenters. The van der Waals surface area contributed by atoms with E-state index in [4.69, 9.17) is 9.47 Å². The van der Waals surface area contributed by atoms with Crippen molar-refractivity contribution in [1.82, 2.24) is 14.5 Å². The number of carbonyl (C=O) groups is 1. The number of para-hydroxylation sites is 1. The first kappa shape index (κ1) is 17.5. The monoisotopic (exact) mass is 351 g/mol. The molecule has 1 heterocycles. The highest BCUT2D eigenvalue weighted by atomic mass is 16.5. The molecule has 3 aromatic rings. The van der Waals surface area contributed by atoms with Crippen LogP contribution in [-0.4, -0.2) is 41.6 Å². The number of methoxy groups -OCH3 is 2. The van der Waals surface area contributed by atoms with Gasteiger partial charge in [-0.25, -0.2) is 4.98 Å². The maximum Gasteiger partial charge on any atom is 0.272 e. The van der Waals surface area contributed by atoms with E-state index in [1.165, 1.54) is 0 Å². The summed E-state index contributed by atoms with van der Waals surface area (Å²) in [6.07, 6.45) is 3.23. The second-order valence-electron chi connectivity index (χ2n) is 5.83. The van der Waals surface area contributed by atoms with E-state index in [9.17, 15) is 4.79 Å². The molecule has 3 rings (SSSR count). The molecule has 0 saturated carbocycles. The maximum absolute atomic E-state index is 12.9. The minimum absolute atomic E-state index is 0.110. The Labute approximate surface area is 152 Å². The molecule has 0 fully saturated rings. The van der Waals surface area contributed by atoms with Crippen LogP contribution in [0.3, 0.4) is 0 Å². The first-order valence-electron chi connectivity index (χ1n) is 8.18. The Hall–Kier alpha value is -3.28. The van der Waals surface area contributed by atoms with Gasteiger partial charge in [-0.15, -0.1) is 0 Å². The van der Waals surface area contributed by atoms with E-state index in [0.717, 1.165) is 11.3 Å². The SMILES string of the molecule is COc1ccc(CN(C)C(=O)c2cncn2-c2ccccc2)cc1OC. The molecule has 0 aliphatic carbocycles. The van der Waals surface area contributed by atoms with Crippen LogP contribution in [0.15, 0.2) is 61.1 Å². The summed E-state index contributed by atoms with van der Waals surface area (Å²) in [5, 5.41) is 0. The first-order valence-corrected chi connectivity index (χ1v) is 8.18. The standard InChI is InChI=1S/C20H21N3O3/c1-22(13-15-9-10-18(25-2)19(11-15)26-3)20(24)17-12-21-14-23(17)16-7-5-4-6-8-16/h4-12,14H,13H2,1-3H3. The summed E-state index contributed by atoms with van der Waals surface area (Å²) in [4.78, 5) is 18.7. The number of aromatic nitrogens is 2. The van der Waals surface area contributed by atoms with Crippen molar-refractivity contribution in [3.8, 4) is 17.2 Å². The Morgan fingerprint density at radius 3 is 2.50 bits per heavy atom. The molecule has 0 spiro atoms. The predicted molar refractivity (Wildman–Crippen MR) is 98.9 cm³/mol. The molecule has 1 amide bonds. The summed E-state index contributed by atoms with van der Waals surface area (Å²) < 4.78 is 12.4. The van der Waals surface area contributed by atoms with Crippen LogP contribution in [-0.2, 0) is 6.54 Å². The lowest BCUT2D eigenvalue weighted by atomic mass is 10.2. The summed E-state index contributed by atoms with van der Waals surface area (Å²) in [5.41, 5.74) is 2.36. The number of carbonyl (C=O) groups excluding carboxylic acids is 1. The normalized spacial score (nSPS) is 10.4. The molecule has 0 aliphatic rings. The number of benzene rings is 2. The van der Waals surface area contributed by atoms with Gasteiger partial charge in [0, 0.05) is 19.3 Å². The molecule has 6 nitrogen and oxygen atoms in total. The second kappa shape index (κ2) is 7.74. The van der Waals surface area contributed by atoms with Crippen LogP contribution in [0, 0.1) is 0 Å². The zero-order valence-corrected chi connectivity index (χ0v) is 15.0. The van der Waals surface area contributed by atoms with E-state index in [1.54, 1.807) is 43.3 Å². The van der Waals surface area contributed by atoms with Crippen molar-refractivity contribution in [1.29, 1.82) is 0 Å². The average Bonchev–Trinajstić information content (AvgIpc) is 3.17. The van der Waals surface area contributed by atoms with Crippen molar-refractivity contribution in [2.24, 2.45) is 0 Å². The lowest BCUT2D eigenvalue weighted by Gasteiger charge is -2.19. The van der Waals surface area contributed by atoms with Crippen molar-refractivity contribution in [2.45, 2.75) is 6.54 Å². The molecule has 1 aromatic heterocycles. The van der Waals surface area contributed by atoms with Gasteiger partial charge in [-0.05, 0) is 29.8 Å². The molecule has 26 heavy (non-hydrogen) atoms. The van der Waals surface area contributed by atoms with Gasteiger partial charge in [-0.3, -0.25) is 9.36 Å². The molecule has 0 N–H and O–H groups in total. The van der Waals surface area contributed by atoms with E-state index in [2.05, 4.69) is 4.98 Å². The van der Waals surface area contributed by atoms with Gasteiger partial charge in [0.25, 0.3) is 5.91 Å². The highest BCUT2D eigenvalue weighted by Crippen LogP contribution is 2.28.